The Morgan fingerprint density at radius 2 is 1.87 bits per heavy atom. The fourth-order valence-corrected chi connectivity index (χ4v) is 4.24. The Labute approximate surface area is 183 Å². The first-order valence-electron chi connectivity index (χ1n) is 10.9. The average Bonchev–Trinajstić information content (AvgIpc) is 3.04. The summed E-state index contributed by atoms with van der Waals surface area (Å²) in [7, 11) is 1.99. The van der Waals surface area contributed by atoms with E-state index < -0.39 is 0 Å². The molecule has 2 heterocycles. The van der Waals surface area contributed by atoms with Gasteiger partial charge in [-0.2, -0.15) is 0 Å². The Balaban J connectivity index is 1.54. The number of amides is 1. The van der Waals surface area contributed by atoms with Gasteiger partial charge >= 0.3 is 0 Å². The van der Waals surface area contributed by atoms with Crippen molar-refractivity contribution in [3.63, 3.8) is 0 Å². The maximum absolute atomic E-state index is 13.3. The molecule has 4 rings (SSSR count). The summed E-state index contributed by atoms with van der Waals surface area (Å²) >= 11 is 0. The van der Waals surface area contributed by atoms with Crippen molar-refractivity contribution in [2.75, 3.05) is 37.8 Å². The number of aryl methyl sites for hydroxylation is 1. The van der Waals surface area contributed by atoms with Crippen molar-refractivity contribution in [3.8, 4) is 5.75 Å². The van der Waals surface area contributed by atoms with Gasteiger partial charge in [0, 0.05) is 42.4 Å². The van der Waals surface area contributed by atoms with Crippen LogP contribution in [0.15, 0.2) is 42.5 Å². The van der Waals surface area contributed by atoms with E-state index in [1.54, 1.807) is 0 Å². The van der Waals surface area contributed by atoms with E-state index in [4.69, 9.17) is 9.47 Å². The van der Waals surface area contributed by atoms with Gasteiger partial charge in [0.25, 0.3) is 5.91 Å². The molecule has 0 radical (unpaired) electrons. The van der Waals surface area contributed by atoms with Crippen LogP contribution in [0, 0.1) is 6.92 Å². The largest absolute Gasteiger partial charge is 0.494 e. The maximum atomic E-state index is 13.3. The van der Waals surface area contributed by atoms with E-state index in [1.807, 2.05) is 46.0 Å². The zero-order valence-corrected chi connectivity index (χ0v) is 18.8. The van der Waals surface area contributed by atoms with Crippen LogP contribution in [0.4, 0.5) is 5.69 Å². The normalized spacial score (nSPS) is 15.2. The van der Waals surface area contributed by atoms with E-state index in [2.05, 4.69) is 39.0 Å². The van der Waals surface area contributed by atoms with Crippen LogP contribution in [0.2, 0.25) is 0 Å². The maximum Gasteiger partial charge on any atom is 0.254 e. The van der Waals surface area contributed by atoms with Crippen molar-refractivity contribution in [2.45, 2.75) is 26.8 Å². The number of anilines is 1. The van der Waals surface area contributed by atoms with Gasteiger partial charge in [0.2, 0.25) is 0 Å². The quantitative estimate of drug-likeness (QED) is 0.648. The lowest BCUT2D eigenvalue weighted by molar-refractivity contribution is 0.0940. The number of nitrogens with one attached hydrogen (secondary N) is 1. The fraction of sp³-hybridized carbons (Fsp3) is 0.400. The zero-order chi connectivity index (χ0) is 22.0. The number of ether oxygens (including phenoxy) is 2. The molecule has 1 aromatic heterocycles. The minimum atomic E-state index is -0.101. The van der Waals surface area contributed by atoms with Crippen LogP contribution in [-0.2, 0) is 11.8 Å². The summed E-state index contributed by atoms with van der Waals surface area (Å²) in [6.45, 7) is 9.92. The highest BCUT2D eigenvalue weighted by molar-refractivity contribution is 6.08. The summed E-state index contributed by atoms with van der Waals surface area (Å²) in [5.74, 6) is 0.711. The molecule has 0 spiro atoms. The minimum absolute atomic E-state index is 0.0681. The highest BCUT2D eigenvalue weighted by Gasteiger charge is 2.21. The van der Waals surface area contributed by atoms with Crippen LogP contribution in [0.25, 0.3) is 10.9 Å². The second kappa shape index (κ2) is 9.02. The van der Waals surface area contributed by atoms with E-state index in [0.29, 0.717) is 12.2 Å². The van der Waals surface area contributed by atoms with Crippen LogP contribution in [0.3, 0.4) is 0 Å². The molecular weight excluding hydrogens is 390 g/mol. The highest BCUT2D eigenvalue weighted by Crippen LogP contribution is 2.29. The number of benzene rings is 2. The number of hydrogen-bond donors (Lipinski definition) is 1. The molecular formula is C25H31N3O3. The molecule has 1 N–H and O–H groups in total. The summed E-state index contributed by atoms with van der Waals surface area (Å²) in [6, 6.07) is 14.3. The van der Waals surface area contributed by atoms with Crippen molar-refractivity contribution in [1.29, 1.82) is 0 Å². The molecule has 6 heteroatoms. The Bertz CT molecular complexity index is 1070. The van der Waals surface area contributed by atoms with Gasteiger partial charge in [-0.25, -0.2) is 0 Å². The van der Waals surface area contributed by atoms with Crippen LogP contribution >= 0.6 is 0 Å². The first-order valence-corrected chi connectivity index (χ1v) is 10.9. The predicted molar refractivity (Wildman–Crippen MR) is 124 cm³/mol. The van der Waals surface area contributed by atoms with E-state index in [9.17, 15) is 4.79 Å². The lowest BCUT2D eigenvalue weighted by Gasteiger charge is -2.29. The molecule has 6 nitrogen and oxygen atoms in total. The lowest BCUT2D eigenvalue weighted by Crippen LogP contribution is -2.36. The number of fused-ring (bicyclic) bond motifs is 1. The topological polar surface area (TPSA) is 55.7 Å². The third-order valence-electron chi connectivity index (χ3n) is 6.12. The molecule has 0 saturated carbocycles. The van der Waals surface area contributed by atoms with Crippen molar-refractivity contribution >= 4 is 22.5 Å². The van der Waals surface area contributed by atoms with Crippen molar-refractivity contribution in [2.24, 2.45) is 7.05 Å². The van der Waals surface area contributed by atoms with Gasteiger partial charge in [0.05, 0.1) is 31.4 Å². The number of nitrogens with zero attached hydrogens (tertiary/aromatic N) is 2. The van der Waals surface area contributed by atoms with Crippen LogP contribution < -0.4 is 15.0 Å². The zero-order valence-electron chi connectivity index (χ0n) is 18.8. The molecule has 1 fully saturated rings. The van der Waals surface area contributed by atoms with Crippen LogP contribution in [0.1, 0.15) is 41.5 Å². The van der Waals surface area contributed by atoms with Gasteiger partial charge in [0.15, 0.2) is 0 Å². The molecule has 1 saturated heterocycles. The van der Waals surface area contributed by atoms with Crippen molar-refractivity contribution in [1.82, 2.24) is 9.88 Å². The Hall–Kier alpha value is -2.99. The number of rotatable bonds is 6. The Morgan fingerprint density at radius 1 is 1.16 bits per heavy atom. The molecule has 2 aromatic carbocycles. The lowest BCUT2D eigenvalue weighted by atomic mass is 10.1. The second-order valence-corrected chi connectivity index (χ2v) is 8.02. The van der Waals surface area contributed by atoms with Crippen molar-refractivity contribution < 1.29 is 14.3 Å². The molecule has 3 aromatic rings. The van der Waals surface area contributed by atoms with E-state index in [-0.39, 0.29) is 11.9 Å². The molecule has 1 aliphatic rings. The van der Waals surface area contributed by atoms with Crippen LogP contribution in [-0.4, -0.2) is 43.4 Å². The van der Waals surface area contributed by atoms with E-state index in [0.717, 1.165) is 54.2 Å². The molecule has 164 valence electrons. The number of aromatic nitrogens is 1. The molecule has 1 aliphatic heterocycles. The average molecular weight is 422 g/mol. The number of morpholine rings is 1. The number of carbonyl (C=O) groups excluding carboxylic acids is 1. The number of hydrogen-bond acceptors (Lipinski definition) is 4. The Morgan fingerprint density at radius 3 is 2.55 bits per heavy atom. The summed E-state index contributed by atoms with van der Waals surface area (Å²) in [6.07, 6.45) is 0. The summed E-state index contributed by atoms with van der Waals surface area (Å²) in [5, 5.41) is 4.10. The number of carbonyl (C=O) groups is 1. The molecule has 1 unspecified atom stereocenters. The van der Waals surface area contributed by atoms with Gasteiger partial charge in [0.1, 0.15) is 5.75 Å². The molecule has 1 amide bonds. The summed E-state index contributed by atoms with van der Waals surface area (Å²) in [4.78, 5) is 15.6. The van der Waals surface area contributed by atoms with Crippen LogP contribution in [0.5, 0.6) is 5.75 Å². The first-order chi connectivity index (χ1) is 15.0. The highest BCUT2D eigenvalue weighted by atomic mass is 16.5. The van der Waals surface area contributed by atoms with Gasteiger partial charge in [-0.05, 0) is 56.7 Å². The van der Waals surface area contributed by atoms with Gasteiger partial charge in [-0.15, -0.1) is 0 Å². The van der Waals surface area contributed by atoms with E-state index in [1.165, 1.54) is 5.69 Å². The first kappa shape index (κ1) is 21.2. The molecule has 1 atom stereocenters. The molecule has 0 aliphatic carbocycles. The smallest absolute Gasteiger partial charge is 0.254 e. The van der Waals surface area contributed by atoms with Gasteiger partial charge in [-0.3, -0.25) is 4.79 Å². The standard InChI is InChI=1S/C25H31N3O3/c1-5-31-21-10-11-23-22(16-21)24(18(3)27(23)4)25(29)26-17(2)19-6-8-20(9-7-19)28-12-14-30-15-13-28/h6-11,16-17H,5,12-15H2,1-4H3,(H,26,29). The third-order valence-corrected chi connectivity index (χ3v) is 6.12. The second-order valence-electron chi connectivity index (χ2n) is 8.02. The van der Waals surface area contributed by atoms with E-state index >= 15 is 0 Å². The van der Waals surface area contributed by atoms with Gasteiger partial charge in [-0.1, -0.05) is 12.1 Å². The predicted octanol–water partition coefficient (Wildman–Crippen LogP) is 4.21. The summed E-state index contributed by atoms with van der Waals surface area (Å²) < 4.78 is 13.1. The third kappa shape index (κ3) is 4.26. The fourth-order valence-electron chi connectivity index (χ4n) is 4.24. The minimum Gasteiger partial charge on any atom is -0.494 e. The van der Waals surface area contributed by atoms with Gasteiger partial charge < -0.3 is 24.3 Å². The summed E-state index contributed by atoms with van der Waals surface area (Å²) in [5.41, 5.74) is 4.94. The Kier molecular flexibility index (Phi) is 6.18. The molecule has 31 heavy (non-hydrogen) atoms. The van der Waals surface area contributed by atoms with Crippen molar-refractivity contribution in [3.05, 3.63) is 59.3 Å². The molecule has 0 bridgehead atoms. The SMILES string of the molecule is CCOc1ccc2c(c1)c(C(=O)NC(C)c1ccc(N3CCOCC3)cc1)c(C)n2C. The monoisotopic (exact) mass is 421 g/mol.